The van der Waals surface area contributed by atoms with E-state index in [-0.39, 0.29) is 17.2 Å². The molecule has 1 aromatic carbocycles. The molecular weight excluding hydrogens is 340 g/mol. The Morgan fingerprint density at radius 1 is 1.32 bits per heavy atom. The van der Waals surface area contributed by atoms with Crippen molar-refractivity contribution < 1.29 is 19.1 Å². The Kier molecular flexibility index (Phi) is 6.99. The molecule has 1 aliphatic rings. The van der Waals surface area contributed by atoms with Crippen LogP contribution >= 0.6 is 11.8 Å². The minimum Gasteiger partial charge on any atom is -0.493 e. The van der Waals surface area contributed by atoms with Crippen molar-refractivity contribution in [3.05, 3.63) is 23.8 Å². The summed E-state index contributed by atoms with van der Waals surface area (Å²) in [6.07, 6.45) is 0.308. The Hall–Kier alpha value is -1.89. The number of nitrogens with one attached hydrogen (secondary N) is 1. The van der Waals surface area contributed by atoms with Crippen molar-refractivity contribution in [2.75, 3.05) is 33.1 Å². The molecule has 1 aliphatic heterocycles. The van der Waals surface area contributed by atoms with E-state index in [0.717, 1.165) is 5.56 Å². The van der Waals surface area contributed by atoms with E-state index in [9.17, 15) is 9.59 Å². The van der Waals surface area contributed by atoms with Gasteiger partial charge >= 0.3 is 0 Å². The first-order valence-corrected chi connectivity index (χ1v) is 9.40. The van der Waals surface area contributed by atoms with Crippen LogP contribution in [-0.4, -0.2) is 49.8 Å². The van der Waals surface area contributed by atoms with E-state index in [1.165, 1.54) is 0 Å². The third-order valence-electron chi connectivity index (χ3n) is 3.95. The van der Waals surface area contributed by atoms with E-state index in [1.54, 1.807) is 30.9 Å². The fraction of sp³-hybridized carbons (Fsp3) is 0.556. The quantitative estimate of drug-likeness (QED) is 0.765. The van der Waals surface area contributed by atoms with Gasteiger partial charge in [-0.3, -0.25) is 9.59 Å². The molecule has 1 N–H and O–H groups in total. The van der Waals surface area contributed by atoms with E-state index in [2.05, 4.69) is 5.32 Å². The van der Waals surface area contributed by atoms with Crippen molar-refractivity contribution in [2.45, 2.75) is 25.6 Å². The van der Waals surface area contributed by atoms with Crippen LogP contribution in [0.5, 0.6) is 11.5 Å². The van der Waals surface area contributed by atoms with E-state index in [1.807, 2.05) is 32.0 Å². The number of ether oxygens (including phenoxy) is 2. The molecule has 0 aliphatic carbocycles. The molecule has 1 saturated heterocycles. The summed E-state index contributed by atoms with van der Waals surface area (Å²) in [6.45, 7) is 5.16. The van der Waals surface area contributed by atoms with Crippen molar-refractivity contribution >= 4 is 23.6 Å². The molecule has 138 valence electrons. The van der Waals surface area contributed by atoms with Crippen molar-refractivity contribution in [1.29, 1.82) is 0 Å². The second kappa shape index (κ2) is 8.99. The fourth-order valence-corrected chi connectivity index (χ4v) is 3.82. The van der Waals surface area contributed by atoms with Crippen LogP contribution in [0.4, 0.5) is 0 Å². The fourth-order valence-electron chi connectivity index (χ4n) is 2.61. The predicted molar refractivity (Wildman–Crippen MR) is 98.9 cm³/mol. The van der Waals surface area contributed by atoms with Gasteiger partial charge in [0, 0.05) is 19.5 Å². The number of carbonyl (C=O) groups is 2. The minimum atomic E-state index is -0.106. The third-order valence-corrected chi connectivity index (χ3v) is 5.20. The maximum Gasteiger partial charge on any atom is 0.233 e. The Labute approximate surface area is 153 Å². The lowest BCUT2D eigenvalue weighted by Crippen LogP contribution is -2.34. The van der Waals surface area contributed by atoms with Gasteiger partial charge in [0.15, 0.2) is 11.5 Å². The summed E-state index contributed by atoms with van der Waals surface area (Å²) in [7, 11) is 3.18. The molecule has 6 nitrogen and oxygen atoms in total. The summed E-state index contributed by atoms with van der Waals surface area (Å²) in [6, 6.07) is 5.66. The Morgan fingerprint density at radius 2 is 2.04 bits per heavy atom. The van der Waals surface area contributed by atoms with Crippen molar-refractivity contribution in [1.82, 2.24) is 10.2 Å². The lowest BCUT2D eigenvalue weighted by molar-refractivity contribution is -0.129. The van der Waals surface area contributed by atoms with Crippen molar-refractivity contribution in [2.24, 2.45) is 5.92 Å². The third kappa shape index (κ3) is 5.04. The lowest BCUT2D eigenvalue weighted by atomic mass is 10.1. The van der Waals surface area contributed by atoms with Gasteiger partial charge in [0.25, 0.3) is 0 Å². The molecule has 1 unspecified atom stereocenters. The zero-order chi connectivity index (χ0) is 18.4. The van der Waals surface area contributed by atoms with Gasteiger partial charge in [0.1, 0.15) is 5.37 Å². The van der Waals surface area contributed by atoms with Crippen LogP contribution in [-0.2, 0) is 9.59 Å². The Bertz CT molecular complexity index is 621. The molecule has 0 saturated carbocycles. The maximum absolute atomic E-state index is 12.2. The normalized spacial score (nSPS) is 17.1. The first-order chi connectivity index (χ1) is 12.0. The summed E-state index contributed by atoms with van der Waals surface area (Å²) < 4.78 is 10.6. The van der Waals surface area contributed by atoms with Gasteiger partial charge in [-0.2, -0.15) is 0 Å². The first kappa shape index (κ1) is 19.4. The molecule has 2 rings (SSSR count). The van der Waals surface area contributed by atoms with Crippen molar-refractivity contribution in [3.63, 3.8) is 0 Å². The molecule has 0 aromatic heterocycles. The SMILES string of the molecule is COc1ccc(C2SCC(=O)N2CCC(=O)NCC(C)C)cc1OC. The number of rotatable bonds is 8. The Balaban J connectivity index is 2.05. The van der Waals surface area contributed by atoms with Crippen LogP contribution in [0.2, 0.25) is 0 Å². The van der Waals surface area contributed by atoms with Gasteiger partial charge in [-0.15, -0.1) is 11.8 Å². The number of benzene rings is 1. The van der Waals surface area contributed by atoms with Gasteiger partial charge in [-0.1, -0.05) is 19.9 Å². The number of thioether (sulfide) groups is 1. The predicted octanol–water partition coefficient (Wildman–Crippen LogP) is 2.44. The minimum absolute atomic E-state index is 0.0236. The largest absolute Gasteiger partial charge is 0.493 e. The van der Waals surface area contributed by atoms with Crippen molar-refractivity contribution in [3.8, 4) is 11.5 Å². The Morgan fingerprint density at radius 3 is 2.68 bits per heavy atom. The highest BCUT2D eigenvalue weighted by Crippen LogP contribution is 2.41. The number of methoxy groups -OCH3 is 2. The molecule has 0 bridgehead atoms. The highest BCUT2D eigenvalue weighted by atomic mass is 32.2. The molecule has 7 heteroatoms. The summed E-state index contributed by atoms with van der Waals surface area (Å²) >= 11 is 1.56. The van der Waals surface area contributed by atoms with E-state index < -0.39 is 0 Å². The number of carbonyl (C=O) groups excluding carboxylic acids is 2. The van der Waals surface area contributed by atoms with Crippen LogP contribution in [0.25, 0.3) is 0 Å². The molecule has 1 fully saturated rings. The average Bonchev–Trinajstić information content (AvgIpc) is 2.98. The first-order valence-electron chi connectivity index (χ1n) is 8.36. The molecule has 1 atom stereocenters. The summed E-state index contributed by atoms with van der Waals surface area (Å²) in [5, 5.41) is 2.78. The van der Waals surface area contributed by atoms with Crippen LogP contribution in [0.15, 0.2) is 18.2 Å². The van der Waals surface area contributed by atoms with Crippen LogP contribution < -0.4 is 14.8 Å². The monoisotopic (exact) mass is 366 g/mol. The number of amides is 2. The standard InChI is InChI=1S/C18H26N2O4S/c1-12(2)10-19-16(21)7-8-20-17(22)11-25-18(20)13-5-6-14(23-3)15(9-13)24-4/h5-6,9,12,18H,7-8,10-11H2,1-4H3,(H,19,21). The molecular formula is C18H26N2O4S. The molecule has 0 spiro atoms. The zero-order valence-corrected chi connectivity index (χ0v) is 16.0. The lowest BCUT2D eigenvalue weighted by Gasteiger charge is -2.24. The zero-order valence-electron chi connectivity index (χ0n) is 15.2. The van der Waals surface area contributed by atoms with Gasteiger partial charge in [-0.05, 0) is 23.6 Å². The van der Waals surface area contributed by atoms with Crippen LogP contribution in [0.3, 0.4) is 0 Å². The summed E-state index contributed by atoms with van der Waals surface area (Å²) in [4.78, 5) is 25.9. The van der Waals surface area contributed by atoms with E-state index >= 15 is 0 Å². The summed E-state index contributed by atoms with van der Waals surface area (Å²) in [5.41, 5.74) is 0.969. The van der Waals surface area contributed by atoms with Crippen LogP contribution in [0, 0.1) is 5.92 Å². The second-order valence-corrected chi connectivity index (χ2v) is 7.38. The number of nitrogens with zero attached hydrogens (tertiary/aromatic N) is 1. The van der Waals surface area contributed by atoms with Gasteiger partial charge in [-0.25, -0.2) is 0 Å². The smallest absolute Gasteiger partial charge is 0.233 e. The highest BCUT2D eigenvalue weighted by Gasteiger charge is 2.33. The number of hydrogen-bond donors (Lipinski definition) is 1. The topological polar surface area (TPSA) is 67.9 Å². The molecule has 1 aromatic rings. The molecule has 1 heterocycles. The van der Waals surface area contributed by atoms with E-state index in [0.29, 0.717) is 42.7 Å². The summed E-state index contributed by atoms with van der Waals surface area (Å²) in [5.74, 6) is 2.15. The molecule has 2 amide bonds. The molecule has 0 radical (unpaired) electrons. The van der Waals surface area contributed by atoms with Gasteiger partial charge < -0.3 is 19.7 Å². The van der Waals surface area contributed by atoms with Gasteiger partial charge in [0.2, 0.25) is 11.8 Å². The average molecular weight is 366 g/mol. The van der Waals surface area contributed by atoms with E-state index in [4.69, 9.17) is 9.47 Å². The van der Waals surface area contributed by atoms with Gasteiger partial charge in [0.05, 0.1) is 20.0 Å². The highest BCUT2D eigenvalue weighted by molar-refractivity contribution is 8.00. The second-order valence-electron chi connectivity index (χ2n) is 6.31. The van der Waals surface area contributed by atoms with Crippen LogP contribution in [0.1, 0.15) is 31.2 Å². The molecule has 25 heavy (non-hydrogen) atoms. The number of hydrogen-bond acceptors (Lipinski definition) is 5. The maximum atomic E-state index is 12.2.